The van der Waals surface area contributed by atoms with Crippen molar-refractivity contribution < 1.29 is 4.74 Å². The Morgan fingerprint density at radius 3 is 2.95 bits per heavy atom. The summed E-state index contributed by atoms with van der Waals surface area (Å²) in [6.45, 7) is 3.09. The third-order valence-electron chi connectivity index (χ3n) is 4.00. The highest BCUT2D eigenvalue weighted by atomic mass is 35.5. The second-order valence-corrected chi connectivity index (χ2v) is 5.84. The fourth-order valence-electron chi connectivity index (χ4n) is 2.91. The molecule has 1 fully saturated rings. The lowest BCUT2D eigenvalue weighted by Gasteiger charge is -2.20. The van der Waals surface area contributed by atoms with E-state index in [0.717, 1.165) is 18.1 Å². The van der Waals surface area contributed by atoms with Crippen LogP contribution in [0, 0.1) is 6.92 Å². The van der Waals surface area contributed by atoms with Crippen LogP contribution >= 0.6 is 11.6 Å². The first kappa shape index (κ1) is 14.8. The van der Waals surface area contributed by atoms with E-state index >= 15 is 0 Å². The van der Waals surface area contributed by atoms with Gasteiger partial charge >= 0.3 is 0 Å². The van der Waals surface area contributed by atoms with Gasteiger partial charge in [-0.15, -0.1) is 0 Å². The molecule has 0 radical (unpaired) electrons. The van der Waals surface area contributed by atoms with Crippen molar-refractivity contribution in [1.29, 1.82) is 0 Å². The summed E-state index contributed by atoms with van der Waals surface area (Å²) in [5.41, 5.74) is 2.63. The standard InChI is InChI=1S/C16H24ClNO/c1-12-11-13(17)8-9-15(12)16(18-2)7-3-5-14-6-4-10-19-14/h8-9,11,14,16,18H,3-7,10H2,1-2H3. The van der Waals surface area contributed by atoms with Crippen molar-refractivity contribution in [2.75, 3.05) is 13.7 Å². The summed E-state index contributed by atoms with van der Waals surface area (Å²) in [7, 11) is 2.03. The number of aryl methyl sites for hydroxylation is 1. The third-order valence-corrected chi connectivity index (χ3v) is 4.23. The minimum Gasteiger partial charge on any atom is -0.378 e. The Labute approximate surface area is 121 Å². The van der Waals surface area contributed by atoms with Crippen molar-refractivity contribution in [2.45, 2.75) is 51.2 Å². The van der Waals surface area contributed by atoms with Crippen LogP contribution in [0.1, 0.15) is 49.3 Å². The quantitative estimate of drug-likeness (QED) is 0.841. The Balaban J connectivity index is 1.88. The first-order valence-electron chi connectivity index (χ1n) is 7.25. The van der Waals surface area contributed by atoms with Gasteiger partial charge in [-0.1, -0.05) is 17.7 Å². The molecule has 1 aromatic carbocycles. The molecule has 2 atom stereocenters. The molecule has 3 heteroatoms. The molecule has 1 aliphatic heterocycles. The van der Waals surface area contributed by atoms with Gasteiger partial charge in [0.2, 0.25) is 0 Å². The van der Waals surface area contributed by atoms with Crippen molar-refractivity contribution in [1.82, 2.24) is 5.32 Å². The highest BCUT2D eigenvalue weighted by molar-refractivity contribution is 6.30. The number of rotatable bonds is 6. The van der Waals surface area contributed by atoms with E-state index < -0.39 is 0 Å². The van der Waals surface area contributed by atoms with Gasteiger partial charge in [-0.3, -0.25) is 0 Å². The van der Waals surface area contributed by atoms with Gasteiger partial charge in [0.25, 0.3) is 0 Å². The van der Waals surface area contributed by atoms with E-state index in [-0.39, 0.29) is 0 Å². The van der Waals surface area contributed by atoms with Crippen molar-refractivity contribution >= 4 is 11.6 Å². The molecule has 2 nitrogen and oxygen atoms in total. The zero-order chi connectivity index (χ0) is 13.7. The Morgan fingerprint density at radius 1 is 1.47 bits per heavy atom. The molecule has 0 spiro atoms. The number of halogens is 1. The van der Waals surface area contributed by atoms with E-state index in [2.05, 4.69) is 18.3 Å². The van der Waals surface area contributed by atoms with Gasteiger partial charge < -0.3 is 10.1 Å². The van der Waals surface area contributed by atoms with Gasteiger partial charge in [0, 0.05) is 17.7 Å². The fourth-order valence-corrected chi connectivity index (χ4v) is 3.13. The van der Waals surface area contributed by atoms with Crippen LogP contribution < -0.4 is 5.32 Å². The lowest BCUT2D eigenvalue weighted by atomic mass is 9.96. The van der Waals surface area contributed by atoms with Crippen molar-refractivity contribution in [3.63, 3.8) is 0 Å². The van der Waals surface area contributed by atoms with Gasteiger partial charge in [-0.2, -0.15) is 0 Å². The average molecular weight is 282 g/mol. The summed E-state index contributed by atoms with van der Waals surface area (Å²) in [4.78, 5) is 0. The molecule has 2 rings (SSSR count). The zero-order valence-electron chi connectivity index (χ0n) is 11.9. The highest BCUT2D eigenvalue weighted by Gasteiger charge is 2.17. The molecule has 2 unspecified atom stereocenters. The van der Waals surface area contributed by atoms with Crippen LogP contribution in [-0.2, 0) is 4.74 Å². The minimum atomic E-state index is 0.415. The van der Waals surface area contributed by atoms with Crippen LogP contribution in [0.4, 0.5) is 0 Å². The van der Waals surface area contributed by atoms with Crippen LogP contribution in [0.3, 0.4) is 0 Å². The molecule has 0 aromatic heterocycles. The predicted molar refractivity (Wildman–Crippen MR) is 80.8 cm³/mol. The van der Waals surface area contributed by atoms with E-state index in [9.17, 15) is 0 Å². The molecule has 1 N–H and O–H groups in total. The molecule has 106 valence electrons. The van der Waals surface area contributed by atoms with Gasteiger partial charge in [-0.05, 0) is 69.3 Å². The molecule has 1 aromatic rings. The van der Waals surface area contributed by atoms with Crippen molar-refractivity contribution in [3.8, 4) is 0 Å². The molecule has 1 heterocycles. The largest absolute Gasteiger partial charge is 0.378 e. The highest BCUT2D eigenvalue weighted by Crippen LogP contribution is 2.26. The lowest BCUT2D eigenvalue weighted by molar-refractivity contribution is 0.101. The van der Waals surface area contributed by atoms with Crippen LogP contribution in [-0.4, -0.2) is 19.8 Å². The first-order valence-corrected chi connectivity index (χ1v) is 7.63. The molecular weight excluding hydrogens is 258 g/mol. The molecule has 0 saturated carbocycles. The van der Waals surface area contributed by atoms with Crippen molar-refractivity contribution in [2.24, 2.45) is 0 Å². The smallest absolute Gasteiger partial charge is 0.0576 e. The Hall–Kier alpha value is -0.570. The number of ether oxygens (including phenoxy) is 1. The second kappa shape index (κ2) is 7.28. The summed E-state index contributed by atoms with van der Waals surface area (Å²) in [6, 6.07) is 6.58. The van der Waals surface area contributed by atoms with Crippen LogP contribution in [0.25, 0.3) is 0 Å². The number of hydrogen-bond donors (Lipinski definition) is 1. The minimum absolute atomic E-state index is 0.415. The van der Waals surface area contributed by atoms with Crippen molar-refractivity contribution in [3.05, 3.63) is 34.3 Å². The van der Waals surface area contributed by atoms with Crippen LogP contribution in [0.2, 0.25) is 5.02 Å². The van der Waals surface area contributed by atoms with Gasteiger partial charge in [-0.25, -0.2) is 0 Å². The normalized spacial score (nSPS) is 20.7. The summed E-state index contributed by atoms with van der Waals surface area (Å²) < 4.78 is 5.68. The van der Waals surface area contributed by atoms with E-state index in [4.69, 9.17) is 16.3 Å². The first-order chi connectivity index (χ1) is 9.20. The molecule has 19 heavy (non-hydrogen) atoms. The maximum atomic E-state index is 6.02. The summed E-state index contributed by atoms with van der Waals surface area (Å²) >= 11 is 6.02. The second-order valence-electron chi connectivity index (χ2n) is 5.41. The average Bonchev–Trinajstić information content (AvgIpc) is 2.89. The van der Waals surface area contributed by atoms with E-state index in [0.29, 0.717) is 12.1 Å². The fraction of sp³-hybridized carbons (Fsp3) is 0.625. The molecule has 0 bridgehead atoms. The zero-order valence-corrected chi connectivity index (χ0v) is 12.7. The Kier molecular flexibility index (Phi) is 5.68. The maximum absolute atomic E-state index is 6.02. The van der Waals surface area contributed by atoms with Crippen LogP contribution in [0.5, 0.6) is 0 Å². The summed E-state index contributed by atoms with van der Waals surface area (Å²) in [6.07, 6.45) is 6.52. The maximum Gasteiger partial charge on any atom is 0.0576 e. The third kappa shape index (κ3) is 4.20. The van der Waals surface area contributed by atoms with E-state index in [1.807, 2.05) is 19.2 Å². The van der Waals surface area contributed by atoms with Crippen LogP contribution in [0.15, 0.2) is 18.2 Å². The monoisotopic (exact) mass is 281 g/mol. The SMILES string of the molecule is CNC(CCCC1CCCO1)c1ccc(Cl)cc1C. The molecule has 1 aliphatic rings. The summed E-state index contributed by atoms with van der Waals surface area (Å²) in [5, 5.41) is 4.24. The predicted octanol–water partition coefficient (Wildman–Crippen LogP) is 4.26. The van der Waals surface area contributed by atoms with E-state index in [1.165, 1.54) is 36.8 Å². The van der Waals surface area contributed by atoms with E-state index in [1.54, 1.807) is 0 Å². The molecular formula is C16H24ClNO. The Morgan fingerprint density at radius 2 is 2.32 bits per heavy atom. The van der Waals surface area contributed by atoms with Gasteiger partial charge in [0.1, 0.15) is 0 Å². The number of benzene rings is 1. The topological polar surface area (TPSA) is 21.3 Å². The summed E-state index contributed by atoms with van der Waals surface area (Å²) in [5.74, 6) is 0. The Bertz CT molecular complexity index is 402. The van der Waals surface area contributed by atoms with Gasteiger partial charge in [0.05, 0.1) is 6.10 Å². The lowest BCUT2D eigenvalue weighted by Crippen LogP contribution is -2.18. The number of nitrogens with one attached hydrogen (secondary N) is 1. The number of hydrogen-bond acceptors (Lipinski definition) is 2. The molecule has 0 aliphatic carbocycles. The molecule has 1 saturated heterocycles. The molecule has 0 amide bonds. The van der Waals surface area contributed by atoms with Gasteiger partial charge in [0.15, 0.2) is 0 Å².